The van der Waals surface area contributed by atoms with E-state index in [1.165, 1.54) is 75.0 Å². The second-order valence-corrected chi connectivity index (χ2v) is 12.0. The number of hydrogen-bond acceptors (Lipinski definition) is 1. The number of aryl methyl sites for hydroxylation is 1. The Labute approximate surface area is 165 Å². The number of fused-ring (bicyclic) bond motifs is 1. The van der Waals surface area contributed by atoms with Gasteiger partial charge in [-0.25, -0.2) is 0 Å². The molecule has 2 heteroatoms. The Bertz CT molecular complexity index is 562. The molecular formula is C23H37OSb. The minimum absolute atomic E-state index is 0. The van der Waals surface area contributed by atoms with Gasteiger partial charge in [0.2, 0.25) is 0 Å². The van der Waals surface area contributed by atoms with Gasteiger partial charge >= 0.3 is 160 Å². The normalized spacial score (nSPS) is 11.2. The topological polar surface area (TPSA) is 30.0 Å². The van der Waals surface area contributed by atoms with Crippen LogP contribution in [0.3, 0.4) is 0 Å². The van der Waals surface area contributed by atoms with E-state index in [-0.39, 0.29) is 27.1 Å². The molecule has 140 valence electrons. The van der Waals surface area contributed by atoms with Crippen LogP contribution in [0.25, 0.3) is 10.8 Å². The quantitative estimate of drug-likeness (QED) is 0.245. The Morgan fingerprint density at radius 3 is 2.12 bits per heavy atom. The standard InChI is InChI=1S/C13H13.C10H21.H2O.Sb.2H/c1-2-6-11-8-5-9-12-7-3-4-10-13(11)12;1-3-5-7-9-10-8-6-4-2;;;;/h3-5,7-10H,1-2,6H2;1,3-10H2,2H3;1H2;;;/q;;;+1;;/p-1. The van der Waals surface area contributed by atoms with Crippen LogP contribution < -0.4 is 0 Å². The summed E-state index contributed by atoms with van der Waals surface area (Å²) < 4.78 is 3.20. The summed E-state index contributed by atoms with van der Waals surface area (Å²) in [7, 11) is 0. The summed E-state index contributed by atoms with van der Waals surface area (Å²) in [5.74, 6) is 0. The predicted molar refractivity (Wildman–Crippen MR) is 115 cm³/mol. The van der Waals surface area contributed by atoms with Crippen molar-refractivity contribution in [2.24, 2.45) is 0 Å². The van der Waals surface area contributed by atoms with Gasteiger partial charge in [0.15, 0.2) is 0 Å². The van der Waals surface area contributed by atoms with Crippen LogP contribution in [0.15, 0.2) is 42.5 Å². The van der Waals surface area contributed by atoms with Crippen LogP contribution >= 0.6 is 0 Å². The first kappa shape index (κ1) is 22.5. The molecule has 25 heavy (non-hydrogen) atoms. The van der Waals surface area contributed by atoms with Crippen molar-refractivity contribution < 1.29 is 5.48 Å². The zero-order valence-electron chi connectivity index (χ0n) is 16.1. The van der Waals surface area contributed by atoms with Crippen LogP contribution in [0.5, 0.6) is 0 Å². The molecule has 1 N–H and O–H groups in total. The maximum atomic E-state index is 2.33. The third-order valence-corrected chi connectivity index (χ3v) is 9.66. The van der Waals surface area contributed by atoms with E-state index in [9.17, 15) is 0 Å². The molecule has 0 atom stereocenters. The van der Waals surface area contributed by atoms with Crippen LogP contribution in [0.4, 0.5) is 0 Å². The van der Waals surface area contributed by atoms with Crippen molar-refractivity contribution in [2.45, 2.75) is 79.9 Å². The first-order valence-electron chi connectivity index (χ1n) is 10.2. The van der Waals surface area contributed by atoms with Gasteiger partial charge in [0.25, 0.3) is 0 Å². The van der Waals surface area contributed by atoms with E-state index in [1.807, 2.05) is 0 Å². The molecule has 0 unspecified atom stereocenters. The molecule has 2 aromatic carbocycles. The molecule has 0 bridgehead atoms. The predicted octanol–water partition coefficient (Wildman–Crippen LogP) is 6.74. The average Bonchev–Trinajstić information content (AvgIpc) is 2.63. The fourth-order valence-corrected chi connectivity index (χ4v) is 7.39. The Hall–Kier alpha value is -0.522. The van der Waals surface area contributed by atoms with Gasteiger partial charge in [-0.05, 0) is 0 Å². The summed E-state index contributed by atoms with van der Waals surface area (Å²) in [6.07, 6.45) is 14.4. The molecule has 0 aromatic heterocycles. The van der Waals surface area contributed by atoms with Crippen molar-refractivity contribution in [3.8, 4) is 0 Å². The molecule has 0 heterocycles. The Morgan fingerprint density at radius 1 is 0.680 bits per heavy atom. The molecule has 0 aliphatic carbocycles. The van der Waals surface area contributed by atoms with Crippen LogP contribution in [0.2, 0.25) is 8.73 Å². The first-order chi connectivity index (χ1) is 11.9. The van der Waals surface area contributed by atoms with Crippen LogP contribution in [-0.4, -0.2) is 27.1 Å². The zero-order chi connectivity index (χ0) is 16.9. The van der Waals surface area contributed by atoms with Gasteiger partial charge in [-0.3, -0.25) is 0 Å². The van der Waals surface area contributed by atoms with Gasteiger partial charge in [0.05, 0.1) is 0 Å². The van der Waals surface area contributed by atoms with E-state index < -0.39 is 0 Å². The van der Waals surface area contributed by atoms with Crippen molar-refractivity contribution in [1.82, 2.24) is 0 Å². The summed E-state index contributed by atoms with van der Waals surface area (Å²) in [6.45, 7) is 2.30. The van der Waals surface area contributed by atoms with Gasteiger partial charge in [-0.15, -0.1) is 0 Å². The summed E-state index contributed by atoms with van der Waals surface area (Å²) in [4.78, 5) is 0. The van der Waals surface area contributed by atoms with E-state index in [0.717, 1.165) is 0 Å². The maximum Gasteiger partial charge on any atom is -0.870 e. The summed E-state index contributed by atoms with van der Waals surface area (Å²) in [5.41, 5.74) is 1.56. The Balaban J connectivity index is 0.00000312. The Morgan fingerprint density at radius 2 is 1.32 bits per heavy atom. The second kappa shape index (κ2) is 14.6. The summed E-state index contributed by atoms with van der Waals surface area (Å²) in [6, 6.07) is 15.6. The molecule has 2 aromatic rings. The molecule has 0 aliphatic heterocycles. The van der Waals surface area contributed by atoms with Crippen molar-refractivity contribution >= 4 is 32.4 Å². The minimum Gasteiger partial charge on any atom is -0.870 e. The minimum atomic E-state index is -0.253. The molecule has 2 rings (SSSR count). The number of unbranched alkanes of at least 4 members (excludes halogenated alkanes) is 7. The van der Waals surface area contributed by atoms with Crippen LogP contribution in [0.1, 0.15) is 70.3 Å². The summed E-state index contributed by atoms with van der Waals surface area (Å²) in [5, 5.41) is 2.87. The first-order valence-corrected chi connectivity index (χ1v) is 14.9. The number of rotatable bonds is 13. The van der Waals surface area contributed by atoms with Crippen LogP contribution in [0, 0.1) is 0 Å². The van der Waals surface area contributed by atoms with Gasteiger partial charge in [0, 0.05) is 0 Å². The average molecular weight is 451 g/mol. The van der Waals surface area contributed by atoms with E-state index in [2.05, 4.69) is 49.4 Å². The summed E-state index contributed by atoms with van der Waals surface area (Å²) >= 11 is -0.253. The molecule has 0 fully saturated rings. The van der Waals surface area contributed by atoms with Crippen molar-refractivity contribution in [2.75, 3.05) is 0 Å². The second-order valence-electron chi connectivity index (χ2n) is 7.08. The molecule has 0 radical (unpaired) electrons. The van der Waals surface area contributed by atoms with E-state index in [0.29, 0.717) is 0 Å². The molecular weight excluding hydrogens is 414 g/mol. The van der Waals surface area contributed by atoms with Crippen molar-refractivity contribution in [3.63, 3.8) is 0 Å². The largest absolute Gasteiger partial charge is 0.870 e. The van der Waals surface area contributed by atoms with Gasteiger partial charge in [-0.1, -0.05) is 0 Å². The molecule has 0 amide bonds. The molecule has 0 aliphatic rings. The molecule has 0 saturated heterocycles. The molecule has 0 spiro atoms. The SMILES string of the molecule is CCCCCCCCC[CH2][SbH2+][CH2]CCc1cccc2ccccc12.[OH-]. The zero-order valence-corrected chi connectivity index (χ0v) is 19.3. The smallest absolute Gasteiger partial charge is 0.870 e. The van der Waals surface area contributed by atoms with Crippen LogP contribution in [-0.2, 0) is 6.42 Å². The van der Waals surface area contributed by atoms with Crippen molar-refractivity contribution in [3.05, 3.63) is 48.0 Å². The number of benzene rings is 2. The fourth-order valence-electron chi connectivity index (χ4n) is 3.51. The van der Waals surface area contributed by atoms with Gasteiger partial charge in [-0.2, -0.15) is 0 Å². The van der Waals surface area contributed by atoms with E-state index >= 15 is 0 Å². The van der Waals surface area contributed by atoms with E-state index in [1.54, 1.807) is 14.3 Å². The van der Waals surface area contributed by atoms with Gasteiger partial charge in [0.1, 0.15) is 0 Å². The number of hydrogen-bond donors (Lipinski definition) is 0. The van der Waals surface area contributed by atoms with Gasteiger partial charge < -0.3 is 5.48 Å². The molecule has 1 nitrogen and oxygen atoms in total. The van der Waals surface area contributed by atoms with E-state index in [4.69, 9.17) is 0 Å². The Kier molecular flexibility index (Phi) is 13.2. The third kappa shape index (κ3) is 9.11. The monoisotopic (exact) mass is 450 g/mol. The fraction of sp³-hybridized carbons (Fsp3) is 0.565. The van der Waals surface area contributed by atoms with Crippen molar-refractivity contribution in [1.29, 1.82) is 0 Å². The maximum absolute atomic E-state index is 2.33. The molecule has 0 saturated carbocycles. The third-order valence-electron chi connectivity index (χ3n) is 5.00.